The third kappa shape index (κ3) is 2.88. The van der Waals surface area contributed by atoms with Crippen molar-refractivity contribution >= 4 is 23.6 Å². The van der Waals surface area contributed by atoms with Crippen LogP contribution in [0.3, 0.4) is 0 Å². The predicted octanol–water partition coefficient (Wildman–Crippen LogP) is 4.01. The van der Waals surface area contributed by atoms with Crippen molar-refractivity contribution in [3.8, 4) is 0 Å². The number of H-pyrrole nitrogens is 1. The lowest BCUT2D eigenvalue weighted by atomic mass is 9.79. The fourth-order valence-corrected chi connectivity index (χ4v) is 2.79. The average Bonchev–Trinajstić information content (AvgIpc) is 2.94. The van der Waals surface area contributed by atoms with E-state index in [0.717, 1.165) is 22.3 Å². The maximum absolute atomic E-state index is 6.15. The molecule has 2 aromatic rings. The van der Waals surface area contributed by atoms with E-state index in [4.69, 9.17) is 14.3 Å². The summed E-state index contributed by atoms with van der Waals surface area (Å²) in [5.74, 6) is 1.38. The van der Waals surface area contributed by atoms with E-state index in [0.29, 0.717) is 5.92 Å². The van der Waals surface area contributed by atoms with Crippen LogP contribution >= 0.6 is 0 Å². The van der Waals surface area contributed by atoms with Crippen LogP contribution in [-0.4, -0.2) is 28.3 Å². The van der Waals surface area contributed by atoms with E-state index in [1.807, 2.05) is 6.07 Å². The summed E-state index contributed by atoms with van der Waals surface area (Å²) in [5.41, 5.74) is 2.57. The Hall–Kier alpha value is -1.33. The Morgan fingerprint density at radius 1 is 1.08 bits per heavy atom. The van der Waals surface area contributed by atoms with Crippen LogP contribution in [0.5, 0.6) is 0 Å². The number of nitrogens with one attached hydrogen (secondary N) is 1. The van der Waals surface area contributed by atoms with Gasteiger partial charge in [0.1, 0.15) is 5.82 Å². The summed E-state index contributed by atoms with van der Waals surface area (Å²) < 4.78 is 12.3. The Labute approximate surface area is 145 Å². The maximum atomic E-state index is 6.15. The van der Waals surface area contributed by atoms with Gasteiger partial charge >= 0.3 is 7.12 Å². The topological polar surface area (TPSA) is 47.1 Å². The molecule has 1 aromatic heterocycles. The molecule has 1 saturated heterocycles. The van der Waals surface area contributed by atoms with Gasteiger partial charge < -0.3 is 14.3 Å². The second kappa shape index (κ2) is 5.33. The zero-order chi connectivity index (χ0) is 17.9. The molecule has 130 valence electrons. The van der Waals surface area contributed by atoms with Gasteiger partial charge in [-0.3, -0.25) is 0 Å². The SMILES string of the molecule is C[C@H](c1nc2ccc(B3OC(C)(C)C(C)(C)O3)cc2[nH]1)C(C)(C)C. The Bertz CT molecular complexity index is 742. The van der Waals surface area contributed by atoms with Crippen LogP contribution in [0.1, 0.15) is 67.1 Å². The highest BCUT2D eigenvalue weighted by atomic mass is 16.7. The summed E-state index contributed by atoms with van der Waals surface area (Å²) in [6, 6.07) is 6.20. The molecule has 5 heteroatoms. The number of aromatic nitrogens is 2. The molecule has 1 aliphatic rings. The first kappa shape index (κ1) is 17.5. The number of aromatic amines is 1. The van der Waals surface area contributed by atoms with Crippen LogP contribution in [0.25, 0.3) is 11.0 Å². The van der Waals surface area contributed by atoms with Crippen molar-refractivity contribution in [3.05, 3.63) is 24.0 Å². The summed E-state index contributed by atoms with van der Waals surface area (Å²) in [4.78, 5) is 8.25. The molecular weight excluding hydrogens is 299 g/mol. The van der Waals surface area contributed by atoms with Crippen molar-refractivity contribution in [2.45, 2.75) is 72.5 Å². The minimum absolute atomic E-state index is 0.169. The molecule has 24 heavy (non-hydrogen) atoms. The molecule has 0 bridgehead atoms. The summed E-state index contributed by atoms with van der Waals surface area (Å²) in [5, 5.41) is 0. The predicted molar refractivity (Wildman–Crippen MR) is 99.7 cm³/mol. The van der Waals surface area contributed by atoms with Crippen LogP contribution in [0.2, 0.25) is 0 Å². The van der Waals surface area contributed by atoms with Crippen molar-refractivity contribution in [1.29, 1.82) is 0 Å². The van der Waals surface area contributed by atoms with Crippen LogP contribution in [0.4, 0.5) is 0 Å². The molecule has 0 radical (unpaired) electrons. The fourth-order valence-electron chi connectivity index (χ4n) is 2.79. The van der Waals surface area contributed by atoms with Gasteiger partial charge in [0.05, 0.1) is 22.2 Å². The highest BCUT2D eigenvalue weighted by Crippen LogP contribution is 2.37. The second-order valence-electron chi connectivity index (χ2n) is 9.07. The van der Waals surface area contributed by atoms with Crippen molar-refractivity contribution in [1.82, 2.24) is 9.97 Å². The number of rotatable bonds is 2. The third-order valence-electron chi connectivity index (χ3n) is 5.76. The minimum Gasteiger partial charge on any atom is -0.399 e. The van der Waals surface area contributed by atoms with Crippen LogP contribution in [-0.2, 0) is 9.31 Å². The molecule has 0 spiro atoms. The molecule has 1 aliphatic heterocycles. The molecule has 1 aromatic carbocycles. The molecular formula is C19H29BN2O2. The molecule has 4 nitrogen and oxygen atoms in total. The number of imidazole rings is 1. The molecule has 0 aliphatic carbocycles. The minimum atomic E-state index is -0.341. The largest absolute Gasteiger partial charge is 0.494 e. The van der Waals surface area contributed by atoms with Crippen LogP contribution < -0.4 is 5.46 Å². The van der Waals surface area contributed by atoms with E-state index >= 15 is 0 Å². The molecule has 0 saturated carbocycles. The lowest BCUT2D eigenvalue weighted by molar-refractivity contribution is 0.00578. The fraction of sp³-hybridized carbons (Fsp3) is 0.632. The zero-order valence-electron chi connectivity index (χ0n) is 16.2. The number of hydrogen-bond donors (Lipinski definition) is 1. The highest BCUT2D eigenvalue weighted by molar-refractivity contribution is 6.62. The van der Waals surface area contributed by atoms with Gasteiger partial charge in [-0.25, -0.2) is 4.98 Å². The molecule has 1 N–H and O–H groups in total. The normalized spacial score (nSPS) is 21.4. The van der Waals surface area contributed by atoms with Crippen molar-refractivity contribution in [3.63, 3.8) is 0 Å². The molecule has 1 atom stereocenters. The monoisotopic (exact) mass is 328 g/mol. The first-order valence-electron chi connectivity index (χ1n) is 8.76. The summed E-state index contributed by atoms with van der Waals surface area (Å²) in [6.45, 7) is 17.2. The second-order valence-corrected chi connectivity index (χ2v) is 9.07. The van der Waals surface area contributed by atoms with Gasteiger partial charge in [-0.2, -0.15) is 0 Å². The van der Waals surface area contributed by atoms with Gasteiger partial charge in [0.15, 0.2) is 0 Å². The van der Waals surface area contributed by atoms with E-state index in [2.05, 4.69) is 72.5 Å². The number of nitrogens with zero attached hydrogens (tertiary/aromatic N) is 1. The quantitative estimate of drug-likeness (QED) is 0.847. The van der Waals surface area contributed by atoms with Gasteiger partial charge in [-0.1, -0.05) is 33.8 Å². The van der Waals surface area contributed by atoms with E-state index in [1.54, 1.807) is 0 Å². The van der Waals surface area contributed by atoms with E-state index < -0.39 is 0 Å². The van der Waals surface area contributed by atoms with Crippen molar-refractivity contribution in [2.75, 3.05) is 0 Å². The van der Waals surface area contributed by atoms with E-state index in [-0.39, 0.29) is 23.7 Å². The number of benzene rings is 1. The number of fused-ring (bicyclic) bond motifs is 1. The molecule has 0 amide bonds. The van der Waals surface area contributed by atoms with Gasteiger partial charge in [-0.15, -0.1) is 0 Å². The number of hydrogen-bond acceptors (Lipinski definition) is 3. The average molecular weight is 328 g/mol. The maximum Gasteiger partial charge on any atom is 0.494 e. The van der Waals surface area contributed by atoms with Gasteiger partial charge in [0, 0.05) is 5.92 Å². The molecule has 2 heterocycles. The van der Waals surface area contributed by atoms with Gasteiger partial charge in [0.2, 0.25) is 0 Å². The van der Waals surface area contributed by atoms with Gasteiger partial charge in [0.25, 0.3) is 0 Å². The van der Waals surface area contributed by atoms with Crippen LogP contribution in [0, 0.1) is 5.41 Å². The Morgan fingerprint density at radius 3 is 2.21 bits per heavy atom. The van der Waals surface area contributed by atoms with Crippen LogP contribution in [0.15, 0.2) is 18.2 Å². The standard InChI is InChI=1S/C19H29BN2O2/c1-12(17(2,3)4)16-21-14-10-9-13(11-15(14)22-16)20-23-18(5,6)19(7,8)24-20/h9-12H,1-8H3,(H,21,22)/t12-/m1/s1. The third-order valence-corrected chi connectivity index (χ3v) is 5.76. The molecule has 3 rings (SSSR count). The molecule has 1 fully saturated rings. The highest BCUT2D eigenvalue weighted by Gasteiger charge is 2.51. The lowest BCUT2D eigenvalue weighted by Crippen LogP contribution is -2.41. The summed E-state index contributed by atoms with van der Waals surface area (Å²) in [7, 11) is -0.341. The Kier molecular flexibility index (Phi) is 3.89. The summed E-state index contributed by atoms with van der Waals surface area (Å²) in [6.07, 6.45) is 0. The van der Waals surface area contributed by atoms with E-state index in [9.17, 15) is 0 Å². The van der Waals surface area contributed by atoms with Gasteiger partial charge in [-0.05, 0) is 50.7 Å². The van der Waals surface area contributed by atoms with Crippen molar-refractivity contribution in [2.24, 2.45) is 5.41 Å². The molecule has 0 unspecified atom stereocenters. The zero-order valence-corrected chi connectivity index (χ0v) is 16.2. The van der Waals surface area contributed by atoms with E-state index in [1.165, 1.54) is 0 Å². The first-order valence-corrected chi connectivity index (χ1v) is 8.76. The Morgan fingerprint density at radius 2 is 1.67 bits per heavy atom. The summed E-state index contributed by atoms with van der Waals surface area (Å²) >= 11 is 0. The smallest absolute Gasteiger partial charge is 0.399 e. The first-order chi connectivity index (χ1) is 10.9. The Balaban J connectivity index is 1.93. The lowest BCUT2D eigenvalue weighted by Gasteiger charge is -2.32. The van der Waals surface area contributed by atoms with Crippen molar-refractivity contribution < 1.29 is 9.31 Å².